The van der Waals surface area contributed by atoms with Crippen molar-refractivity contribution in [3.63, 3.8) is 0 Å². The van der Waals surface area contributed by atoms with Crippen LogP contribution in [0.3, 0.4) is 0 Å². The first-order chi connectivity index (χ1) is 12.2. The van der Waals surface area contributed by atoms with Gasteiger partial charge in [0.15, 0.2) is 11.5 Å². The van der Waals surface area contributed by atoms with E-state index in [4.69, 9.17) is 13.9 Å². The summed E-state index contributed by atoms with van der Waals surface area (Å²) in [5, 5.41) is 3.07. The molecule has 2 aromatic carbocycles. The van der Waals surface area contributed by atoms with Gasteiger partial charge in [-0.25, -0.2) is 0 Å². The Balaban J connectivity index is 1.94. The summed E-state index contributed by atoms with van der Waals surface area (Å²) in [6.45, 7) is 0. The third-order valence-corrected chi connectivity index (χ3v) is 3.93. The van der Waals surface area contributed by atoms with Crippen LogP contribution in [0.4, 0.5) is 5.69 Å². The highest BCUT2D eigenvalue weighted by Crippen LogP contribution is 2.33. The molecule has 0 fully saturated rings. The Morgan fingerprint density at radius 1 is 0.920 bits per heavy atom. The molecule has 0 atom stereocenters. The zero-order valence-corrected chi connectivity index (χ0v) is 14.3. The number of hydrogen-bond acceptors (Lipinski definition) is 5. The van der Waals surface area contributed by atoms with Gasteiger partial charge in [-0.05, 0) is 48.5 Å². The number of benzene rings is 2. The first-order valence-corrected chi connectivity index (χ1v) is 7.81. The van der Waals surface area contributed by atoms with Crippen molar-refractivity contribution in [3.8, 4) is 22.8 Å². The number of nitrogens with one attached hydrogen (secondary N) is 1. The molecule has 0 radical (unpaired) electrons. The predicted molar refractivity (Wildman–Crippen MR) is 96.7 cm³/mol. The van der Waals surface area contributed by atoms with E-state index >= 15 is 0 Å². The summed E-state index contributed by atoms with van der Waals surface area (Å²) in [5.74, 6) is 2.17. The lowest BCUT2D eigenvalue weighted by Crippen LogP contribution is -1.99. The zero-order valence-electron chi connectivity index (χ0n) is 14.3. The molecule has 128 valence electrons. The van der Waals surface area contributed by atoms with Crippen LogP contribution in [0.1, 0.15) is 16.1 Å². The lowest BCUT2D eigenvalue weighted by molar-refractivity contribution is 0.101. The molecule has 1 heterocycles. The molecule has 3 aromatic rings. The molecule has 0 spiro atoms. The fraction of sp³-hybridized carbons (Fsp3) is 0.150. The van der Waals surface area contributed by atoms with Gasteiger partial charge in [0.05, 0.1) is 19.9 Å². The number of anilines is 1. The molecule has 0 amide bonds. The fourth-order valence-electron chi connectivity index (χ4n) is 2.53. The number of ether oxygens (including phenoxy) is 2. The maximum Gasteiger partial charge on any atom is 0.228 e. The maximum absolute atomic E-state index is 12.7. The highest BCUT2D eigenvalue weighted by atomic mass is 16.5. The van der Waals surface area contributed by atoms with Crippen molar-refractivity contribution >= 4 is 11.5 Å². The van der Waals surface area contributed by atoms with Crippen molar-refractivity contribution in [2.75, 3.05) is 26.6 Å². The van der Waals surface area contributed by atoms with Gasteiger partial charge in [-0.2, -0.15) is 0 Å². The van der Waals surface area contributed by atoms with Crippen LogP contribution in [-0.2, 0) is 0 Å². The van der Waals surface area contributed by atoms with Gasteiger partial charge in [-0.3, -0.25) is 4.79 Å². The smallest absolute Gasteiger partial charge is 0.228 e. The van der Waals surface area contributed by atoms with Crippen molar-refractivity contribution in [3.05, 3.63) is 65.9 Å². The lowest BCUT2D eigenvalue weighted by Gasteiger charge is -2.03. The quantitative estimate of drug-likeness (QED) is 0.682. The number of ketones is 1. The number of rotatable bonds is 6. The Morgan fingerprint density at radius 3 is 2.00 bits per heavy atom. The Bertz CT molecular complexity index is 864. The van der Waals surface area contributed by atoms with Crippen molar-refractivity contribution in [1.82, 2.24) is 0 Å². The maximum atomic E-state index is 12.7. The van der Waals surface area contributed by atoms with Gasteiger partial charge in [-0.1, -0.05) is 0 Å². The van der Waals surface area contributed by atoms with Crippen LogP contribution in [0.25, 0.3) is 11.3 Å². The molecule has 0 unspecified atom stereocenters. The normalized spacial score (nSPS) is 10.4. The molecule has 0 aliphatic heterocycles. The Labute approximate surface area is 146 Å². The lowest BCUT2D eigenvalue weighted by atomic mass is 10.1. The van der Waals surface area contributed by atoms with Crippen molar-refractivity contribution < 1.29 is 18.7 Å². The largest absolute Gasteiger partial charge is 0.497 e. The molecule has 0 aliphatic carbocycles. The first-order valence-electron chi connectivity index (χ1n) is 7.81. The van der Waals surface area contributed by atoms with Gasteiger partial charge >= 0.3 is 0 Å². The molecule has 0 saturated carbocycles. The van der Waals surface area contributed by atoms with E-state index in [9.17, 15) is 4.79 Å². The summed E-state index contributed by atoms with van der Waals surface area (Å²) >= 11 is 0. The van der Waals surface area contributed by atoms with Gasteiger partial charge in [0.1, 0.15) is 11.5 Å². The molecular weight excluding hydrogens is 318 g/mol. The van der Waals surface area contributed by atoms with E-state index in [0.717, 1.165) is 17.0 Å². The zero-order chi connectivity index (χ0) is 17.8. The molecular formula is C20H19NO4. The van der Waals surface area contributed by atoms with E-state index in [0.29, 0.717) is 17.1 Å². The van der Waals surface area contributed by atoms with Gasteiger partial charge in [0.25, 0.3) is 0 Å². The number of furan rings is 1. The Hall–Kier alpha value is -3.21. The van der Waals surface area contributed by atoms with Gasteiger partial charge in [-0.15, -0.1) is 0 Å². The molecule has 25 heavy (non-hydrogen) atoms. The van der Waals surface area contributed by atoms with Crippen molar-refractivity contribution in [2.45, 2.75) is 0 Å². The standard InChI is InChI=1S/C20H19NO4/c1-21-17-12-18(19(22)13-4-8-15(23-2)9-5-13)25-20(17)14-6-10-16(24-3)11-7-14/h4-12,21H,1-3H3. The van der Waals surface area contributed by atoms with Crippen LogP contribution < -0.4 is 14.8 Å². The Morgan fingerprint density at radius 2 is 1.48 bits per heavy atom. The minimum Gasteiger partial charge on any atom is -0.497 e. The second kappa shape index (κ2) is 7.13. The van der Waals surface area contributed by atoms with E-state index in [1.54, 1.807) is 51.6 Å². The van der Waals surface area contributed by atoms with Crippen LogP contribution in [0.5, 0.6) is 11.5 Å². The molecule has 0 aliphatic rings. The summed E-state index contributed by atoms with van der Waals surface area (Å²) in [6, 6.07) is 16.1. The van der Waals surface area contributed by atoms with E-state index in [2.05, 4.69) is 5.32 Å². The summed E-state index contributed by atoms with van der Waals surface area (Å²) < 4.78 is 16.1. The average molecular weight is 337 g/mol. The van der Waals surface area contributed by atoms with E-state index in [1.165, 1.54) is 0 Å². The third kappa shape index (κ3) is 3.35. The van der Waals surface area contributed by atoms with Crippen molar-refractivity contribution in [2.24, 2.45) is 0 Å². The van der Waals surface area contributed by atoms with E-state index in [-0.39, 0.29) is 11.5 Å². The molecule has 5 nitrogen and oxygen atoms in total. The third-order valence-electron chi connectivity index (χ3n) is 3.93. The molecule has 0 saturated heterocycles. The van der Waals surface area contributed by atoms with E-state index < -0.39 is 0 Å². The van der Waals surface area contributed by atoms with Gasteiger partial charge in [0, 0.05) is 24.2 Å². The predicted octanol–water partition coefficient (Wildman–Crippen LogP) is 4.24. The number of hydrogen-bond donors (Lipinski definition) is 1. The van der Waals surface area contributed by atoms with Crippen molar-refractivity contribution in [1.29, 1.82) is 0 Å². The van der Waals surface area contributed by atoms with Crippen LogP contribution in [0.15, 0.2) is 59.0 Å². The number of methoxy groups -OCH3 is 2. The number of carbonyl (C=O) groups is 1. The fourth-order valence-corrected chi connectivity index (χ4v) is 2.53. The Kier molecular flexibility index (Phi) is 4.75. The second-order valence-electron chi connectivity index (χ2n) is 5.39. The van der Waals surface area contributed by atoms with E-state index in [1.807, 2.05) is 24.3 Å². The highest BCUT2D eigenvalue weighted by molar-refractivity contribution is 6.08. The molecule has 3 rings (SSSR count). The van der Waals surface area contributed by atoms with Crippen LogP contribution in [0, 0.1) is 0 Å². The topological polar surface area (TPSA) is 60.7 Å². The molecule has 5 heteroatoms. The second-order valence-corrected chi connectivity index (χ2v) is 5.39. The summed E-state index contributed by atoms with van der Waals surface area (Å²) in [7, 11) is 5.00. The summed E-state index contributed by atoms with van der Waals surface area (Å²) in [4.78, 5) is 12.7. The first kappa shape index (κ1) is 16.6. The number of carbonyl (C=O) groups excluding carboxylic acids is 1. The van der Waals surface area contributed by atoms with Gasteiger partial charge in [0.2, 0.25) is 5.78 Å². The van der Waals surface area contributed by atoms with Crippen LogP contribution >= 0.6 is 0 Å². The molecule has 1 N–H and O–H groups in total. The summed E-state index contributed by atoms with van der Waals surface area (Å²) in [6.07, 6.45) is 0. The molecule has 1 aromatic heterocycles. The SMILES string of the molecule is CNc1cc(C(=O)c2ccc(OC)cc2)oc1-c1ccc(OC)cc1. The monoisotopic (exact) mass is 337 g/mol. The van der Waals surface area contributed by atoms with Gasteiger partial charge < -0.3 is 19.2 Å². The minimum absolute atomic E-state index is 0.182. The molecule has 0 bridgehead atoms. The van der Waals surface area contributed by atoms with Crippen LogP contribution in [0.2, 0.25) is 0 Å². The minimum atomic E-state index is -0.182. The average Bonchev–Trinajstić information content (AvgIpc) is 3.12. The highest BCUT2D eigenvalue weighted by Gasteiger charge is 2.19. The summed E-state index contributed by atoms with van der Waals surface area (Å²) in [5.41, 5.74) is 2.15. The van der Waals surface area contributed by atoms with Crippen LogP contribution in [-0.4, -0.2) is 27.1 Å².